The van der Waals surface area contributed by atoms with Crippen molar-refractivity contribution in [2.24, 2.45) is 0 Å². The van der Waals surface area contributed by atoms with Gasteiger partial charge >= 0.3 is 0 Å². The second kappa shape index (κ2) is 5.38. The molecule has 20 heavy (non-hydrogen) atoms. The van der Waals surface area contributed by atoms with E-state index in [1.807, 2.05) is 6.07 Å². The lowest BCUT2D eigenvalue weighted by Gasteiger charge is -2.16. The van der Waals surface area contributed by atoms with Crippen LogP contribution in [0.1, 0.15) is 24.0 Å². The van der Waals surface area contributed by atoms with Crippen molar-refractivity contribution in [1.29, 1.82) is 0 Å². The molecule has 1 atom stereocenters. The van der Waals surface area contributed by atoms with E-state index in [1.165, 1.54) is 21.9 Å². The van der Waals surface area contributed by atoms with Crippen molar-refractivity contribution >= 4 is 10.8 Å². The maximum absolute atomic E-state index is 5.36. The van der Waals surface area contributed by atoms with Gasteiger partial charge in [-0.3, -0.25) is 0 Å². The number of fused-ring (bicyclic) bond motifs is 1. The average molecular weight is 262 g/mol. The summed E-state index contributed by atoms with van der Waals surface area (Å²) in [6.45, 7) is 2.25. The Balaban J connectivity index is 2.15. The van der Waals surface area contributed by atoms with Gasteiger partial charge in [-0.2, -0.15) is 0 Å². The highest BCUT2D eigenvalue weighted by Gasteiger charge is 2.11. The van der Waals surface area contributed by atoms with Gasteiger partial charge in [-0.1, -0.05) is 61.5 Å². The van der Waals surface area contributed by atoms with Gasteiger partial charge in [0.25, 0.3) is 0 Å². The minimum atomic E-state index is 0.368. The third-order valence-electron chi connectivity index (χ3n) is 3.89. The van der Waals surface area contributed by atoms with Crippen molar-refractivity contribution in [1.82, 2.24) is 0 Å². The molecule has 0 heterocycles. The van der Waals surface area contributed by atoms with Gasteiger partial charge in [0.15, 0.2) is 0 Å². The maximum atomic E-state index is 5.36. The number of rotatable bonds is 3. The second-order valence-corrected chi connectivity index (χ2v) is 5.07. The van der Waals surface area contributed by atoms with Crippen molar-refractivity contribution in [3.63, 3.8) is 0 Å². The van der Waals surface area contributed by atoms with Gasteiger partial charge in [0, 0.05) is 5.92 Å². The Labute approximate surface area is 119 Å². The fourth-order valence-corrected chi connectivity index (χ4v) is 2.70. The van der Waals surface area contributed by atoms with Gasteiger partial charge in [-0.05, 0) is 34.0 Å². The standard InChI is InChI=1S/C19H18O/c1-14(15-7-4-3-5-8-15)18-10-6-9-16-11-12-17(20-2)13-19(16)18/h3-14H,1-2H3. The van der Waals surface area contributed by atoms with Crippen molar-refractivity contribution in [3.8, 4) is 5.75 Å². The van der Waals surface area contributed by atoms with Crippen LogP contribution in [0.2, 0.25) is 0 Å². The van der Waals surface area contributed by atoms with Crippen LogP contribution in [0.4, 0.5) is 0 Å². The molecule has 0 amide bonds. The molecule has 0 bridgehead atoms. The van der Waals surface area contributed by atoms with Gasteiger partial charge in [-0.15, -0.1) is 0 Å². The first-order chi connectivity index (χ1) is 9.79. The number of hydrogen-bond donors (Lipinski definition) is 0. The van der Waals surface area contributed by atoms with Crippen LogP contribution in [-0.2, 0) is 0 Å². The third kappa shape index (κ3) is 2.27. The summed E-state index contributed by atoms with van der Waals surface area (Å²) >= 11 is 0. The van der Waals surface area contributed by atoms with Gasteiger partial charge in [0.1, 0.15) is 5.75 Å². The molecule has 3 aromatic rings. The van der Waals surface area contributed by atoms with Gasteiger partial charge in [0.2, 0.25) is 0 Å². The zero-order valence-corrected chi connectivity index (χ0v) is 11.8. The fraction of sp³-hybridized carbons (Fsp3) is 0.158. The van der Waals surface area contributed by atoms with Gasteiger partial charge in [0.05, 0.1) is 7.11 Å². The highest BCUT2D eigenvalue weighted by atomic mass is 16.5. The van der Waals surface area contributed by atoms with E-state index in [-0.39, 0.29) is 0 Å². The molecule has 0 saturated carbocycles. The fourth-order valence-electron chi connectivity index (χ4n) is 2.70. The molecule has 0 aromatic heterocycles. The van der Waals surface area contributed by atoms with Crippen LogP contribution in [0.3, 0.4) is 0 Å². The lowest BCUT2D eigenvalue weighted by molar-refractivity contribution is 0.415. The number of methoxy groups -OCH3 is 1. The number of hydrogen-bond acceptors (Lipinski definition) is 1. The minimum Gasteiger partial charge on any atom is -0.497 e. The largest absolute Gasteiger partial charge is 0.497 e. The van der Waals surface area contributed by atoms with Gasteiger partial charge in [-0.25, -0.2) is 0 Å². The Kier molecular flexibility index (Phi) is 3.42. The highest BCUT2D eigenvalue weighted by molar-refractivity contribution is 5.87. The van der Waals surface area contributed by atoms with Crippen molar-refractivity contribution < 1.29 is 4.74 Å². The number of benzene rings is 3. The molecule has 1 unspecified atom stereocenters. The summed E-state index contributed by atoms with van der Waals surface area (Å²) < 4.78 is 5.36. The molecule has 0 N–H and O–H groups in total. The Hall–Kier alpha value is -2.28. The van der Waals surface area contributed by atoms with Crippen LogP contribution in [0, 0.1) is 0 Å². The molecule has 0 fully saturated rings. The van der Waals surface area contributed by atoms with Crippen LogP contribution < -0.4 is 4.74 Å². The quantitative estimate of drug-likeness (QED) is 0.645. The van der Waals surface area contributed by atoms with E-state index in [0.717, 1.165) is 5.75 Å². The smallest absolute Gasteiger partial charge is 0.119 e. The Morgan fingerprint density at radius 3 is 2.40 bits per heavy atom. The molecule has 3 rings (SSSR count). The molecule has 0 aliphatic carbocycles. The van der Waals surface area contributed by atoms with Crippen LogP contribution in [0.15, 0.2) is 66.7 Å². The molecule has 0 aliphatic rings. The Morgan fingerprint density at radius 2 is 1.65 bits per heavy atom. The maximum Gasteiger partial charge on any atom is 0.119 e. The molecule has 1 nitrogen and oxygen atoms in total. The minimum absolute atomic E-state index is 0.368. The van der Waals surface area contributed by atoms with E-state index in [0.29, 0.717) is 5.92 Å². The normalized spacial score (nSPS) is 12.3. The summed E-state index contributed by atoms with van der Waals surface area (Å²) in [7, 11) is 1.71. The summed E-state index contributed by atoms with van der Waals surface area (Å²) in [5, 5.41) is 2.52. The lowest BCUT2D eigenvalue weighted by atomic mass is 9.89. The predicted octanol–water partition coefficient (Wildman–Crippen LogP) is 5.00. The second-order valence-electron chi connectivity index (χ2n) is 5.07. The van der Waals surface area contributed by atoms with E-state index in [4.69, 9.17) is 4.74 Å². The summed E-state index contributed by atoms with van der Waals surface area (Å²) in [5.74, 6) is 1.28. The summed E-state index contributed by atoms with van der Waals surface area (Å²) in [5.41, 5.74) is 2.68. The van der Waals surface area contributed by atoms with E-state index < -0.39 is 0 Å². The van der Waals surface area contributed by atoms with Crippen LogP contribution in [0.25, 0.3) is 10.8 Å². The zero-order chi connectivity index (χ0) is 13.9. The van der Waals surface area contributed by atoms with Crippen molar-refractivity contribution in [2.45, 2.75) is 12.8 Å². The van der Waals surface area contributed by atoms with E-state index >= 15 is 0 Å². The SMILES string of the molecule is COc1ccc2cccc(C(C)c3ccccc3)c2c1. The van der Waals surface area contributed by atoms with E-state index in [2.05, 4.69) is 67.6 Å². The monoisotopic (exact) mass is 262 g/mol. The van der Waals surface area contributed by atoms with Crippen LogP contribution in [-0.4, -0.2) is 7.11 Å². The summed E-state index contributed by atoms with van der Waals surface area (Å²) in [6.07, 6.45) is 0. The number of ether oxygens (including phenoxy) is 1. The van der Waals surface area contributed by atoms with Gasteiger partial charge < -0.3 is 4.74 Å². The summed E-state index contributed by atoms with van der Waals surface area (Å²) in [4.78, 5) is 0. The molecular formula is C19H18O. The topological polar surface area (TPSA) is 9.23 Å². The molecule has 0 radical (unpaired) electrons. The third-order valence-corrected chi connectivity index (χ3v) is 3.89. The molecular weight excluding hydrogens is 244 g/mol. The molecule has 0 spiro atoms. The zero-order valence-electron chi connectivity index (χ0n) is 11.8. The molecule has 100 valence electrons. The van der Waals surface area contributed by atoms with Crippen LogP contribution >= 0.6 is 0 Å². The highest BCUT2D eigenvalue weighted by Crippen LogP contribution is 2.32. The predicted molar refractivity (Wildman–Crippen MR) is 84.5 cm³/mol. The lowest BCUT2D eigenvalue weighted by Crippen LogP contribution is -1.97. The first-order valence-corrected chi connectivity index (χ1v) is 6.91. The molecule has 3 aromatic carbocycles. The molecule has 1 heteroatoms. The molecule has 0 saturated heterocycles. The van der Waals surface area contributed by atoms with Crippen LogP contribution in [0.5, 0.6) is 5.75 Å². The van der Waals surface area contributed by atoms with E-state index in [1.54, 1.807) is 7.11 Å². The first kappa shape index (κ1) is 12.7. The Bertz CT molecular complexity index is 716. The Morgan fingerprint density at radius 1 is 0.850 bits per heavy atom. The van der Waals surface area contributed by atoms with Crippen molar-refractivity contribution in [2.75, 3.05) is 7.11 Å². The van der Waals surface area contributed by atoms with E-state index in [9.17, 15) is 0 Å². The van der Waals surface area contributed by atoms with Crippen molar-refractivity contribution in [3.05, 3.63) is 77.9 Å². The first-order valence-electron chi connectivity index (χ1n) is 6.91. The average Bonchev–Trinajstić information content (AvgIpc) is 2.54. The summed E-state index contributed by atoms with van der Waals surface area (Å²) in [6, 6.07) is 23.4. The molecule has 0 aliphatic heterocycles.